The molecular weight excluding hydrogens is 266 g/mol. The molecule has 2 aromatic rings. The molecule has 19 heavy (non-hydrogen) atoms. The summed E-state index contributed by atoms with van der Waals surface area (Å²) in [5.74, 6) is 0.650. The molecule has 0 unspecified atom stereocenters. The second kappa shape index (κ2) is 5.79. The molecule has 0 bridgehead atoms. The van der Waals surface area contributed by atoms with E-state index in [9.17, 15) is 4.79 Å². The van der Waals surface area contributed by atoms with Gasteiger partial charge >= 0.3 is 0 Å². The number of tetrazole rings is 1. The molecule has 0 saturated heterocycles. The van der Waals surface area contributed by atoms with Gasteiger partial charge < -0.3 is 4.90 Å². The third kappa shape index (κ3) is 3.51. The molecule has 1 aromatic carbocycles. The van der Waals surface area contributed by atoms with E-state index in [-0.39, 0.29) is 5.91 Å². The van der Waals surface area contributed by atoms with Gasteiger partial charge in [0.2, 0.25) is 5.91 Å². The Hall–Kier alpha value is -1.95. The third-order valence-corrected chi connectivity index (χ3v) is 3.03. The van der Waals surface area contributed by atoms with Crippen molar-refractivity contribution in [3.63, 3.8) is 0 Å². The standard InChI is InChI=1S/C12H14ClN5O/c1-17(8-11-14-15-16-18(11)2)12(19)7-9-3-5-10(13)6-4-9/h3-6H,7-8H2,1-2H3. The third-order valence-electron chi connectivity index (χ3n) is 2.78. The van der Waals surface area contributed by atoms with Crippen molar-refractivity contribution in [3.05, 3.63) is 40.7 Å². The van der Waals surface area contributed by atoms with Crippen LogP contribution in [0.3, 0.4) is 0 Å². The summed E-state index contributed by atoms with van der Waals surface area (Å²) in [6, 6.07) is 7.24. The molecule has 0 aliphatic carbocycles. The summed E-state index contributed by atoms with van der Waals surface area (Å²) in [5, 5.41) is 11.8. The second-order valence-electron chi connectivity index (χ2n) is 4.27. The van der Waals surface area contributed by atoms with E-state index in [0.29, 0.717) is 23.8 Å². The van der Waals surface area contributed by atoms with Gasteiger partial charge in [0.05, 0.1) is 13.0 Å². The lowest BCUT2D eigenvalue weighted by atomic mass is 10.1. The zero-order valence-electron chi connectivity index (χ0n) is 10.7. The van der Waals surface area contributed by atoms with Crippen LogP contribution < -0.4 is 0 Å². The molecule has 1 amide bonds. The Balaban J connectivity index is 1.96. The quantitative estimate of drug-likeness (QED) is 0.840. The van der Waals surface area contributed by atoms with Crippen LogP contribution in [-0.2, 0) is 24.8 Å². The van der Waals surface area contributed by atoms with Crippen LogP contribution in [0.5, 0.6) is 0 Å². The fourth-order valence-corrected chi connectivity index (χ4v) is 1.72. The summed E-state index contributed by atoms with van der Waals surface area (Å²) < 4.78 is 1.55. The number of carbonyl (C=O) groups excluding carboxylic acids is 1. The molecule has 0 aliphatic rings. The highest BCUT2D eigenvalue weighted by Gasteiger charge is 2.13. The molecule has 0 spiro atoms. The number of carbonyl (C=O) groups is 1. The van der Waals surface area contributed by atoms with Crippen molar-refractivity contribution >= 4 is 17.5 Å². The Kier molecular flexibility index (Phi) is 4.11. The molecule has 6 nitrogen and oxygen atoms in total. The molecule has 1 heterocycles. The van der Waals surface area contributed by atoms with E-state index in [4.69, 9.17) is 11.6 Å². The number of benzene rings is 1. The van der Waals surface area contributed by atoms with E-state index in [0.717, 1.165) is 5.56 Å². The van der Waals surface area contributed by atoms with Gasteiger partial charge in [-0.25, -0.2) is 4.68 Å². The average molecular weight is 280 g/mol. The van der Waals surface area contributed by atoms with Crippen molar-refractivity contribution in [1.29, 1.82) is 0 Å². The monoisotopic (exact) mass is 279 g/mol. The first-order valence-corrected chi connectivity index (χ1v) is 6.13. The number of hydrogen-bond acceptors (Lipinski definition) is 4. The van der Waals surface area contributed by atoms with Crippen molar-refractivity contribution in [3.8, 4) is 0 Å². The number of nitrogens with zero attached hydrogens (tertiary/aromatic N) is 5. The van der Waals surface area contributed by atoms with E-state index >= 15 is 0 Å². The molecular formula is C12H14ClN5O. The van der Waals surface area contributed by atoms with Gasteiger partial charge in [0.15, 0.2) is 5.82 Å². The lowest BCUT2D eigenvalue weighted by Crippen LogP contribution is -2.29. The van der Waals surface area contributed by atoms with E-state index < -0.39 is 0 Å². The van der Waals surface area contributed by atoms with Crippen LogP contribution >= 0.6 is 11.6 Å². The summed E-state index contributed by atoms with van der Waals surface area (Å²) >= 11 is 5.80. The minimum atomic E-state index is 0.00493. The maximum Gasteiger partial charge on any atom is 0.227 e. The fourth-order valence-electron chi connectivity index (χ4n) is 1.59. The zero-order valence-corrected chi connectivity index (χ0v) is 11.5. The summed E-state index contributed by atoms with van der Waals surface area (Å²) in [5.41, 5.74) is 0.928. The number of aryl methyl sites for hydroxylation is 1. The van der Waals surface area contributed by atoms with Crippen LogP contribution in [0, 0.1) is 0 Å². The first kappa shape index (κ1) is 13.5. The molecule has 0 atom stereocenters. The summed E-state index contributed by atoms with van der Waals surface area (Å²) in [7, 11) is 3.47. The Bertz CT molecular complexity index is 566. The van der Waals surface area contributed by atoms with Crippen molar-refractivity contribution < 1.29 is 4.79 Å². The smallest absolute Gasteiger partial charge is 0.227 e. The van der Waals surface area contributed by atoms with E-state index in [2.05, 4.69) is 15.5 Å². The van der Waals surface area contributed by atoms with E-state index in [1.54, 1.807) is 35.8 Å². The van der Waals surface area contributed by atoms with Gasteiger partial charge in [-0.15, -0.1) is 5.10 Å². The molecule has 0 fully saturated rings. The largest absolute Gasteiger partial charge is 0.338 e. The predicted octanol–water partition coefficient (Wildman–Crippen LogP) is 1.06. The first-order chi connectivity index (χ1) is 9.06. The molecule has 0 radical (unpaired) electrons. The van der Waals surface area contributed by atoms with Crippen molar-refractivity contribution in [2.75, 3.05) is 7.05 Å². The number of rotatable bonds is 4. The maximum absolute atomic E-state index is 12.0. The topological polar surface area (TPSA) is 63.9 Å². The van der Waals surface area contributed by atoms with Crippen molar-refractivity contribution in [1.82, 2.24) is 25.1 Å². The molecule has 2 rings (SSSR count). The molecule has 1 aromatic heterocycles. The highest BCUT2D eigenvalue weighted by atomic mass is 35.5. The van der Waals surface area contributed by atoms with Crippen LogP contribution in [0.2, 0.25) is 5.02 Å². The number of hydrogen-bond donors (Lipinski definition) is 0. The molecule has 100 valence electrons. The van der Waals surface area contributed by atoms with Gasteiger partial charge in [0.1, 0.15) is 0 Å². The van der Waals surface area contributed by atoms with Gasteiger partial charge in [-0.05, 0) is 28.1 Å². The highest BCUT2D eigenvalue weighted by molar-refractivity contribution is 6.30. The minimum Gasteiger partial charge on any atom is -0.338 e. The Labute approximate surface area is 116 Å². The van der Waals surface area contributed by atoms with Crippen LogP contribution in [-0.4, -0.2) is 38.1 Å². The van der Waals surface area contributed by atoms with Gasteiger partial charge in [-0.1, -0.05) is 23.7 Å². The van der Waals surface area contributed by atoms with Crippen molar-refractivity contribution in [2.24, 2.45) is 7.05 Å². The molecule has 0 aliphatic heterocycles. The summed E-state index contributed by atoms with van der Waals surface area (Å²) in [6.07, 6.45) is 0.332. The molecule has 0 N–H and O–H groups in total. The normalized spacial score (nSPS) is 10.5. The van der Waals surface area contributed by atoms with Crippen molar-refractivity contribution in [2.45, 2.75) is 13.0 Å². The SMILES string of the molecule is CN(Cc1nnnn1C)C(=O)Cc1ccc(Cl)cc1. The van der Waals surface area contributed by atoms with Gasteiger partial charge in [-0.3, -0.25) is 4.79 Å². The van der Waals surface area contributed by atoms with E-state index in [1.807, 2.05) is 12.1 Å². The van der Waals surface area contributed by atoms with Crippen LogP contribution in [0.4, 0.5) is 0 Å². The van der Waals surface area contributed by atoms with Crippen LogP contribution in [0.15, 0.2) is 24.3 Å². The Morgan fingerprint density at radius 2 is 2.05 bits per heavy atom. The zero-order chi connectivity index (χ0) is 13.8. The average Bonchev–Trinajstić information content (AvgIpc) is 2.78. The highest BCUT2D eigenvalue weighted by Crippen LogP contribution is 2.11. The van der Waals surface area contributed by atoms with Gasteiger partial charge in [0.25, 0.3) is 0 Å². The maximum atomic E-state index is 12.0. The fraction of sp³-hybridized carbons (Fsp3) is 0.333. The number of likely N-dealkylation sites (N-methyl/N-ethyl adjacent to an activating group) is 1. The number of amides is 1. The van der Waals surface area contributed by atoms with E-state index in [1.165, 1.54) is 0 Å². The lowest BCUT2D eigenvalue weighted by Gasteiger charge is -2.16. The van der Waals surface area contributed by atoms with Gasteiger partial charge in [0, 0.05) is 19.1 Å². The molecule has 0 saturated carbocycles. The van der Waals surface area contributed by atoms with Gasteiger partial charge in [-0.2, -0.15) is 0 Å². The number of aromatic nitrogens is 4. The summed E-state index contributed by atoms with van der Waals surface area (Å²) in [6.45, 7) is 0.385. The Morgan fingerprint density at radius 3 is 2.63 bits per heavy atom. The first-order valence-electron chi connectivity index (χ1n) is 5.76. The van der Waals surface area contributed by atoms with Crippen LogP contribution in [0.25, 0.3) is 0 Å². The number of halogens is 1. The predicted molar refractivity (Wildman–Crippen MR) is 70.4 cm³/mol. The minimum absolute atomic E-state index is 0.00493. The Morgan fingerprint density at radius 1 is 1.37 bits per heavy atom. The lowest BCUT2D eigenvalue weighted by molar-refractivity contribution is -0.129. The molecule has 7 heteroatoms. The second-order valence-corrected chi connectivity index (χ2v) is 4.71. The van der Waals surface area contributed by atoms with Crippen LogP contribution in [0.1, 0.15) is 11.4 Å². The summed E-state index contributed by atoms with van der Waals surface area (Å²) in [4.78, 5) is 13.6.